The fourth-order valence-corrected chi connectivity index (χ4v) is 8.14. The standard InChI is InChI=1S/C49H31N3O/c1-2-12-31(13-3-1)47-50-48(35-22-21-30-11-4-5-14-32(30)27-35)52-49(51-47)41-19-10-20-45-46(41)43-29-34(24-26-44(43)53-45)33-23-25-40-38-17-7-6-15-36(38)37-16-8-9-18-39(37)42(40)28-33/h1-29,48H,(H,50,51,52). The molecule has 0 saturated carbocycles. The molecule has 248 valence electrons. The number of aliphatic imine (C=N–C) groups is 2. The van der Waals surface area contributed by atoms with E-state index in [0.717, 1.165) is 55.6 Å². The highest BCUT2D eigenvalue weighted by Gasteiger charge is 2.24. The number of fused-ring (bicyclic) bond motifs is 10. The molecule has 1 aromatic heterocycles. The van der Waals surface area contributed by atoms with Crippen LogP contribution in [0.2, 0.25) is 0 Å². The number of furan rings is 1. The third-order valence-corrected chi connectivity index (χ3v) is 10.7. The van der Waals surface area contributed by atoms with Gasteiger partial charge in [-0.05, 0) is 90.1 Å². The first-order chi connectivity index (χ1) is 26.2. The highest BCUT2D eigenvalue weighted by atomic mass is 16.3. The Bertz CT molecular complexity index is 3120. The van der Waals surface area contributed by atoms with Crippen LogP contribution in [0.1, 0.15) is 22.9 Å². The van der Waals surface area contributed by atoms with E-state index in [4.69, 9.17) is 14.4 Å². The lowest BCUT2D eigenvalue weighted by molar-refractivity contribution is 0.668. The molecule has 9 aromatic carbocycles. The zero-order valence-corrected chi connectivity index (χ0v) is 28.6. The second kappa shape index (κ2) is 11.8. The van der Waals surface area contributed by atoms with Gasteiger partial charge in [0.1, 0.15) is 23.2 Å². The van der Waals surface area contributed by atoms with E-state index in [0.29, 0.717) is 5.84 Å². The summed E-state index contributed by atoms with van der Waals surface area (Å²) >= 11 is 0. The van der Waals surface area contributed by atoms with E-state index in [1.54, 1.807) is 0 Å². The lowest BCUT2D eigenvalue weighted by atomic mass is 9.92. The molecule has 1 unspecified atom stereocenters. The molecule has 0 saturated heterocycles. The predicted molar refractivity (Wildman–Crippen MR) is 221 cm³/mol. The molecule has 4 nitrogen and oxygen atoms in total. The summed E-state index contributed by atoms with van der Waals surface area (Å²) in [5.41, 5.74) is 6.96. The summed E-state index contributed by atoms with van der Waals surface area (Å²) < 4.78 is 6.50. The Labute approximate surface area is 305 Å². The van der Waals surface area contributed by atoms with E-state index in [9.17, 15) is 0 Å². The topological polar surface area (TPSA) is 49.9 Å². The van der Waals surface area contributed by atoms with Crippen LogP contribution in [0.25, 0.3) is 76.2 Å². The van der Waals surface area contributed by atoms with E-state index in [-0.39, 0.29) is 6.17 Å². The molecule has 0 fully saturated rings. The van der Waals surface area contributed by atoms with Gasteiger partial charge in [0, 0.05) is 21.9 Å². The third kappa shape index (κ3) is 4.84. The Kier molecular flexibility index (Phi) is 6.58. The minimum atomic E-state index is -0.324. The van der Waals surface area contributed by atoms with Crippen molar-refractivity contribution in [3.8, 4) is 11.1 Å². The largest absolute Gasteiger partial charge is 0.456 e. The van der Waals surface area contributed by atoms with Crippen molar-refractivity contribution >= 4 is 76.7 Å². The maximum absolute atomic E-state index is 6.50. The van der Waals surface area contributed by atoms with Crippen molar-refractivity contribution in [1.29, 1.82) is 0 Å². The average Bonchev–Trinajstić information content (AvgIpc) is 3.62. The Morgan fingerprint density at radius 2 is 1.08 bits per heavy atom. The van der Waals surface area contributed by atoms with Crippen LogP contribution in [0.5, 0.6) is 0 Å². The van der Waals surface area contributed by atoms with Crippen LogP contribution in [-0.4, -0.2) is 11.7 Å². The number of rotatable bonds is 4. The van der Waals surface area contributed by atoms with Gasteiger partial charge in [-0.3, -0.25) is 0 Å². The third-order valence-electron chi connectivity index (χ3n) is 10.7. The number of nitrogens with zero attached hydrogens (tertiary/aromatic N) is 2. The van der Waals surface area contributed by atoms with E-state index >= 15 is 0 Å². The second-order valence-electron chi connectivity index (χ2n) is 13.8. The van der Waals surface area contributed by atoms with E-state index in [2.05, 4.69) is 151 Å². The molecular formula is C49H31N3O. The lowest BCUT2D eigenvalue weighted by Crippen LogP contribution is -2.33. The molecular weight excluding hydrogens is 647 g/mol. The SMILES string of the molecule is c1ccc(C2=NC(c3cccc4oc5ccc(-c6ccc7c8ccccc8c8ccccc8c7c6)cc5c34)=NC(c3ccc4ccccc4c3)N2)cc1. The molecule has 1 N–H and O–H groups in total. The number of benzene rings is 9. The van der Waals surface area contributed by atoms with Crippen molar-refractivity contribution in [2.24, 2.45) is 9.98 Å². The van der Waals surface area contributed by atoms with Crippen LogP contribution in [-0.2, 0) is 0 Å². The van der Waals surface area contributed by atoms with Gasteiger partial charge >= 0.3 is 0 Å². The first kappa shape index (κ1) is 29.7. The normalized spacial score (nSPS) is 14.6. The fourth-order valence-electron chi connectivity index (χ4n) is 8.14. The Hall–Kier alpha value is -7.04. The van der Waals surface area contributed by atoms with Crippen LogP contribution in [0.3, 0.4) is 0 Å². The number of hydrogen-bond donors (Lipinski definition) is 1. The van der Waals surface area contributed by atoms with Crippen molar-refractivity contribution in [3.63, 3.8) is 0 Å². The van der Waals surface area contributed by atoms with Gasteiger partial charge in [-0.15, -0.1) is 0 Å². The van der Waals surface area contributed by atoms with Crippen molar-refractivity contribution in [2.45, 2.75) is 6.17 Å². The summed E-state index contributed by atoms with van der Waals surface area (Å²) in [5.74, 6) is 1.46. The minimum Gasteiger partial charge on any atom is -0.456 e. The van der Waals surface area contributed by atoms with E-state index < -0.39 is 0 Å². The van der Waals surface area contributed by atoms with Gasteiger partial charge in [0.25, 0.3) is 0 Å². The summed E-state index contributed by atoms with van der Waals surface area (Å²) in [5, 5.41) is 15.7. The van der Waals surface area contributed by atoms with Crippen LogP contribution < -0.4 is 5.32 Å². The maximum Gasteiger partial charge on any atom is 0.160 e. The van der Waals surface area contributed by atoms with E-state index in [1.807, 2.05) is 30.3 Å². The Morgan fingerprint density at radius 1 is 0.434 bits per heavy atom. The maximum atomic E-state index is 6.50. The average molecular weight is 678 g/mol. The summed E-state index contributed by atoms with van der Waals surface area (Å²) in [4.78, 5) is 10.5. The first-order valence-corrected chi connectivity index (χ1v) is 18.0. The lowest BCUT2D eigenvalue weighted by Gasteiger charge is -2.24. The Balaban J connectivity index is 1.09. The van der Waals surface area contributed by atoms with Gasteiger partial charge < -0.3 is 9.73 Å². The van der Waals surface area contributed by atoms with Crippen LogP contribution in [0.15, 0.2) is 190 Å². The van der Waals surface area contributed by atoms with Crippen LogP contribution in [0.4, 0.5) is 0 Å². The highest BCUT2D eigenvalue weighted by molar-refractivity contribution is 6.26. The molecule has 0 bridgehead atoms. The second-order valence-corrected chi connectivity index (χ2v) is 13.8. The van der Waals surface area contributed by atoms with Crippen LogP contribution >= 0.6 is 0 Å². The molecule has 11 rings (SSSR count). The highest BCUT2D eigenvalue weighted by Crippen LogP contribution is 2.39. The number of hydrogen-bond acceptors (Lipinski definition) is 4. The molecule has 0 aliphatic carbocycles. The number of nitrogens with one attached hydrogen (secondary N) is 1. The van der Waals surface area contributed by atoms with Gasteiger partial charge in [-0.25, -0.2) is 9.98 Å². The number of amidine groups is 2. The Morgan fingerprint density at radius 3 is 1.85 bits per heavy atom. The fraction of sp³-hybridized carbons (Fsp3) is 0.0204. The summed E-state index contributed by atoms with van der Waals surface area (Å²) in [6, 6.07) is 62.3. The summed E-state index contributed by atoms with van der Waals surface area (Å²) in [6.45, 7) is 0. The molecule has 1 aliphatic rings. The molecule has 4 heteroatoms. The van der Waals surface area contributed by atoms with Crippen molar-refractivity contribution in [1.82, 2.24) is 5.32 Å². The van der Waals surface area contributed by atoms with Crippen molar-refractivity contribution < 1.29 is 4.42 Å². The smallest absolute Gasteiger partial charge is 0.160 e. The zero-order valence-electron chi connectivity index (χ0n) is 28.6. The van der Waals surface area contributed by atoms with Gasteiger partial charge in [-0.2, -0.15) is 0 Å². The zero-order chi connectivity index (χ0) is 34.9. The molecule has 2 heterocycles. The predicted octanol–water partition coefficient (Wildman–Crippen LogP) is 12.4. The molecule has 0 amide bonds. The molecule has 0 spiro atoms. The summed E-state index contributed by atoms with van der Waals surface area (Å²) in [6.07, 6.45) is -0.324. The molecule has 10 aromatic rings. The summed E-state index contributed by atoms with van der Waals surface area (Å²) in [7, 11) is 0. The van der Waals surface area contributed by atoms with Gasteiger partial charge in [0.2, 0.25) is 0 Å². The van der Waals surface area contributed by atoms with E-state index in [1.165, 1.54) is 43.1 Å². The monoisotopic (exact) mass is 677 g/mol. The minimum absolute atomic E-state index is 0.324. The molecule has 53 heavy (non-hydrogen) atoms. The molecule has 0 radical (unpaired) electrons. The van der Waals surface area contributed by atoms with Gasteiger partial charge in [0.15, 0.2) is 5.84 Å². The van der Waals surface area contributed by atoms with Crippen LogP contribution in [0, 0.1) is 0 Å². The van der Waals surface area contributed by atoms with Gasteiger partial charge in [-0.1, -0.05) is 146 Å². The first-order valence-electron chi connectivity index (χ1n) is 18.0. The quantitative estimate of drug-likeness (QED) is 0.189. The molecule has 1 atom stereocenters. The molecule has 1 aliphatic heterocycles. The van der Waals surface area contributed by atoms with Gasteiger partial charge in [0.05, 0.1) is 0 Å². The van der Waals surface area contributed by atoms with Crippen molar-refractivity contribution in [2.75, 3.05) is 0 Å². The van der Waals surface area contributed by atoms with Crippen molar-refractivity contribution in [3.05, 3.63) is 193 Å².